The Morgan fingerprint density at radius 1 is 0.878 bits per heavy atom. The molecule has 3 N–H and O–H groups in total. The van der Waals surface area contributed by atoms with E-state index >= 15 is 0 Å². The predicted molar refractivity (Wildman–Crippen MR) is 160 cm³/mol. The van der Waals surface area contributed by atoms with Gasteiger partial charge in [0, 0.05) is 50.6 Å². The Labute approximate surface area is 240 Å². The normalized spacial score (nSPS) is 14.1. The van der Waals surface area contributed by atoms with Crippen LogP contribution in [0.1, 0.15) is 54.1 Å². The van der Waals surface area contributed by atoms with E-state index in [1.807, 2.05) is 55.1 Å². The number of nitrogens with one attached hydrogen (secondary N) is 3. The highest BCUT2D eigenvalue weighted by molar-refractivity contribution is 6.02. The van der Waals surface area contributed by atoms with E-state index < -0.39 is 0 Å². The van der Waals surface area contributed by atoms with Crippen molar-refractivity contribution in [2.24, 2.45) is 0 Å². The molecule has 4 rings (SSSR count). The fraction of sp³-hybridized carbons (Fsp3) is 0.344. The number of hydrogen-bond acceptors (Lipinski definition) is 4. The Balaban J connectivity index is 1.52. The molecule has 8 nitrogen and oxygen atoms in total. The average molecular weight is 560 g/mol. The van der Waals surface area contributed by atoms with Crippen molar-refractivity contribution in [3.8, 4) is 0 Å². The number of rotatable bonds is 9. The predicted octanol–water partition coefficient (Wildman–Crippen LogP) is 5.13. The minimum Gasteiger partial charge on any atom is -0.369 e. The van der Waals surface area contributed by atoms with Crippen molar-refractivity contribution < 1.29 is 18.8 Å². The molecule has 1 aliphatic heterocycles. The number of anilines is 2. The number of carbonyl (C=O) groups is 3. The van der Waals surface area contributed by atoms with Gasteiger partial charge in [0.1, 0.15) is 5.82 Å². The van der Waals surface area contributed by atoms with Gasteiger partial charge in [0.15, 0.2) is 0 Å². The molecule has 1 fully saturated rings. The zero-order chi connectivity index (χ0) is 29.2. The van der Waals surface area contributed by atoms with Crippen LogP contribution in [0.2, 0.25) is 0 Å². The Bertz CT molecular complexity index is 1330. The van der Waals surface area contributed by atoms with Crippen LogP contribution in [0.15, 0.2) is 72.8 Å². The molecule has 0 saturated carbocycles. The molecule has 1 heterocycles. The van der Waals surface area contributed by atoms with E-state index in [9.17, 15) is 18.8 Å². The first-order valence-electron chi connectivity index (χ1n) is 14.2. The van der Waals surface area contributed by atoms with Gasteiger partial charge >= 0.3 is 6.03 Å². The van der Waals surface area contributed by atoms with Crippen molar-refractivity contribution in [1.82, 2.24) is 15.5 Å². The van der Waals surface area contributed by atoms with Crippen molar-refractivity contribution in [1.29, 1.82) is 0 Å². The molecule has 216 valence electrons. The van der Waals surface area contributed by atoms with Gasteiger partial charge in [-0.05, 0) is 61.2 Å². The van der Waals surface area contributed by atoms with Gasteiger partial charge in [-0.2, -0.15) is 0 Å². The maximum atomic E-state index is 13.5. The van der Waals surface area contributed by atoms with Gasteiger partial charge in [0.05, 0.1) is 11.5 Å². The SMILES string of the molecule is CCNC(=O)Nc1ccc(N2CCCN(C(=O)[C@@H](CC)c3ccccc3)CC2)c(C(=O)NCc2ccc(F)cc2)c1. The Hall–Kier alpha value is -4.40. The summed E-state index contributed by atoms with van der Waals surface area (Å²) in [6.07, 6.45) is 1.48. The molecular weight excluding hydrogens is 521 g/mol. The number of hydrogen-bond donors (Lipinski definition) is 3. The Kier molecular flexibility index (Phi) is 10.3. The summed E-state index contributed by atoms with van der Waals surface area (Å²) in [7, 11) is 0. The standard InChI is InChI=1S/C32H38FN5O3/c1-3-27(24-9-6-5-7-10-24)31(40)38-18-8-17-37(19-20-38)29-16-15-26(36-32(41)34-4-2)21-28(29)30(39)35-22-23-11-13-25(33)14-12-23/h5-7,9-16,21,27H,3-4,8,17-20,22H2,1-2H3,(H,35,39)(H2,34,36,41)/t27-/m0/s1. The molecule has 41 heavy (non-hydrogen) atoms. The fourth-order valence-electron chi connectivity index (χ4n) is 5.12. The summed E-state index contributed by atoms with van der Waals surface area (Å²) in [5, 5.41) is 8.39. The lowest BCUT2D eigenvalue weighted by atomic mass is 9.95. The van der Waals surface area contributed by atoms with Crippen LogP contribution in [0, 0.1) is 5.82 Å². The van der Waals surface area contributed by atoms with Gasteiger partial charge in [0.2, 0.25) is 5.91 Å². The third kappa shape index (κ3) is 7.84. The minimum absolute atomic E-state index is 0.124. The van der Waals surface area contributed by atoms with Crippen LogP contribution in [-0.2, 0) is 11.3 Å². The third-order valence-electron chi connectivity index (χ3n) is 7.26. The largest absolute Gasteiger partial charge is 0.369 e. The number of halogens is 1. The third-order valence-corrected chi connectivity index (χ3v) is 7.26. The summed E-state index contributed by atoms with van der Waals surface area (Å²) in [6, 6.07) is 20.8. The second-order valence-corrected chi connectivity index (χ2v) is 10.1. The summed E-state index contributed by atoms with van der Waals surface area (Å²) in [5.74, 6) is -0.708. The lowest BCUT2D eigenvalue weighted by Crippen LogP contribution is -2.38. The van der Waals surface area contributed by atoms with Gasteiger partial charge in [-0.25, -0.2) is 9.18 Å². The molecular formula is C32H38FN5O3. The van der Waals surface area contributed by atoms with Gasteiger partial charge in [0.25, 0.3) is 5.91 Å². The molecule has 3 aromatic carbocycles. The van der Waals surface area contributed by atoms with E-state index in [1.165, 1.54) is 12.1 Å². The van der Waals surface area contributed by atoms with Crippen molar-refractivity contribution in [2.45, 2.75) is 39.2 Å². The lowest BCUT2D eigenvalue weighted by Gasteiger charge is -2.28. The number of carbonyl (C=O) groups excluding carboxylic acids is 3. The zero-order valence-corrected chi connectivity index (χ0v) is 23.7. The molecule has 1 saturated heterocycles. The maximum absolute atomic E-state index is 13.5. The zero-order valence-electron chi connectivity index (χ0n) is 23.7. The quantitative estimate of drug-likeness (QED) is 0.339. The van der Waals surface area contributed by atoms with E-state index in [4.69, 9.17) is 0 Å². The first-order chi connectivity index (χ1) is 19.9. The van der Waals surface area contributed by atoms with Crippen LogP contribution in [0.25, 0.3) is 0 Å². The number of nitrogens with zero attached hydrogens (tertiary/aromatic N) is 2. The summed E-state index contributed by atoms with van der Waals surface area (Å²) in [4.78, 5) is 43.2. The minimum atomic E-state index is -0.356. The van der Waals surface area contributed by atoms with Crippen LogP contribution in [0.4, 0.5) is 20.6 Å². The Morgan fingerprint density at radius 3 is 2.34 bits per heavy atom. The Morgan fingerprint density at radius 2 is 1.63 bits per heavy atom. The van der Waals surface area contributed by atoms with Gasteiger partial charge < -0.3 is 25.8 Å². The molecule has 4 amide bonds. The topological polar surface area (TPSA) is 93.8 Å². The molecule has 3 aromatic rings. The van der Waals surface area contributed by atoms with E-state index in [1.54, 1.807) is 24.3 Å². The lowest BCUT2D eigenvalue weighted by molar-refractivity contribution is -0.132. The second-order valence-electron chi connectivity index (χ2n) is 10.1. The number of benzene rings is 3. The van der Waals surface area contributed by atoms with Gasteiger partial charge in [-0.1, -0.05) is 49.4 Å². The highest BCUT2D eigenvalue weighted by atomic mass is 19.1. The molecule has 1 atom stereocenters. The molecule has 0 spiro atoms. The number of urea groups is 1. The highest BCUT2D eigenvalue weighted by Gasteiger charge is 2.27. The molecule has 0 radical (unpaired) electrons. The first-order valence-corrected chi connectivity index (χ1v) is 14.2. The van der Waals surface area contributed by atoms with E-state index in [2.05, 4.69) is 20.9 Å². The molecule has 0 bridgehead atoms. The first kappa shape index (κ1) is 29.6. The van der Waals surface area contributed by atoms with Crippen molar-refractivity contribution in [3.05, 3.63) is 95.3 Å². The van der Waals surface area contributed by atoms with Crippen molar-refractivity contribution >= 4 is 29.2 Å². The van der Waals surface area contributed by atoms with Gasteiger partial charge in [-0.15, -0.1) is 0 Å². The maximum Gasteiger partial charge on any atom is 0.319 e. The van der Waals surface area contributed by atoms with Crippen LogP contribution < -0.4 is 20.9 Å². The van der Waals surface area contributed by atoms with Crippen molar-refractivity contribution in [2.75, 3.05) is 42.9 Å². The van der Waals surface area contributed by atoms with Crippen LogP contribution in [-0.4, -0.2) is 55.5 Å². The molecule has 0 aliphatic carbocycles. The smallest absolute Gasteiger partial charge is 0.319 e. The van der Waals surface area contributed by atoms with Gasteiger partial charge in [-0.3, -0.25) is 9.59 Å². The molecule has 1 aliphatic rings. The summed E-state index contributed by atoms with van der Waals surface area (Å²) < 4.78 is 13.3. The fourth-order valence-corrected chi connectivity index (χ4v) is 5.12. The summed E-state index contributed by atoms with van der Waals surface area (Å²) in [6.45, 7) is 6.98. The van der Waals surface area contributed by atoms with Crippen molar-refractivity contribution in [3.63, 3.8) is 0 Å². The van der Waals surface area contributed by atoms with E-state index in [0.29, 0.717) is 44.0 Å². The van der Waals surface area contributed by atoms with Crippen LogP contribution >= 0.6 is 0 Å². The van der Waals surface area contributed by atoms with Crippen LogP contribution in [0.5, 0.6) is 0 Å². The van der Waals surface area contributed by atoms with Crippen LogP contribution in [0.3, 0.4) is 0 Å². The number of amides is 4. The second kappa shape index (κ2) is 14.3. The van der Waals surface area contributed by atoms with E-state index in [0.717, 1.165) is 29.7 Å². The van der Waals surface area contributed by atoms with E-state index in [-0.39, 0.29) is 36.1 Å². The molecule has 0 aromatic heterocycles. The highest BCUT2D eigenvalue weighted by Crippen LogP contribution is 2.28. The summed E-state index contributed by atoms with van der Waals surface area (Å²) in [5.41, 5.74) is 3.43. The average Bonchev–Trinajstić information content (AvgIpc) is 3.24. The molecule has 0 unspecified atom stereocenters. The molecule has 9 heteroatoms. The monoisotopic (exact) mass is 559 g/mol. The summed E-state index contributed by atoms with van der Waals surface area (Å²) >= 11 is 0.